The summed E-state index contributed by atoms with van der Waals surface area (Å²) in [6.45, 7) is 2.93. The second-order valence-electron chi connectivity index (χ2n) is 12.1. The summed E-state index contributed by atoms with van der Waals surface area (Å²) in [6, 6.07) is 4.09. The van der Waals surface area contributed by atoms with Gasteiger partial charge in [-0.1, -0.05) is 50.6 Å². The Morgan fingerprint density at radius 1 is 0.618 bits per heavy atom. The first kappa shape index (κ1) is 47.6. The molecular formula is C33H50N10O10S2. The molecule has 10 amide bonds. The molecule has 0 heterocycles. The van der Waals surface area contributed by atoms with E-state index >= 15 is 0 Å². The lowest BCUT2D eigenvalue weighted by Crippen LogP contribution is -2.56. The predicted molar refractivity (Wildman–Crippen MR) is 204 cm³/mol. The monoisotopic (exact) mass is 810 g/mol. The van der Waals surface area contributed by atoms with Crippen LogP contribution in [-0.2, 0) is 54.4 Å². The Bertz CT molecular complexity index is 1540. The summed E-state index contributed by atoms with van der Waals surface area (Å²) in [6.07, 6.45) is 0.448. The summed E-state index contributed by atoms with van der Waals surface area (Å²) >= 11 is 2.00. The molecule has 0 aliphatic carbocycles. The standard InChI is InChI=1S/C33H50N10O10S2/c1-4-18(2)29(43-28(49)13-38-32(52)23(40-19(3)44)15-55-17-25(35)46)33(53)39-12-26(47)41-21(10-20-8-6-5-7-9-20)31(51)37-11-27(48)42-22(30(36)50)14-54-16-24(34)45/h5-9,18,21-23,29H,4,10-17H2,1-3H3,(H2,34,45)(H2,35,46)(H2,36,50)(H,37,51)(H,38,52)(H,39,53)(H,40,44)(H,41,47)(H,42,48)(H,43,49)/t18-,21-,22-,23-,29-/m0/s1. The maximum atomic E-state index is 13.2. The van der Waals surface area contributed by atoms with Gasteiger partial charge >= 0.3 is 0 Å². The van der Waals surface area contributed by atoms with Crippen molar-refractivity contribution < 1.29 is 47.9 Å². The maximum absolute atomic E-state index is 13.2. The highest BCUT2D eigenvalue weighted by Crippen LogP contribution is 2.09. The molecule has 0 unspecified atom stereocenters. The number of primary amides is 3. The Labute approximate surface area is 326 Å². The van der Waals surface area contributed by atoms with Gasteiger partial charge in [0.15, 0.2) is 0 Å². The summed E-state index contributed by atoms with van der Waals surface area (Å²) in [5.41, 5.74) is 16.2. The van der Waals surface area contributed by atoms with Gasteiger partial charge in [0, 0.05) is 24.9 Å². The molecule has 13 N–H and O–H groups in total. The topological polar surface area (TPSA) is 333 Å². The van der Waals surface area contributed by atoms with Crippen LogP contribution in [0.25, 0.3) is 0 Å². The minimum Gasteiger partial charge on any atom is -0.369 e. The fraction of sp³-hybridized carbons (Fsp3) is 0.515. The Morgan fingerprint density at radius 3 is 1.55 bits per heavy atom. The molecule has 0 spiro atoms. The van der Waals surface area contributed by atoms with Gasteiger partial charge < -0.3 is 54.4 Å². The summed E-state index contributed by atoms with van der Waals surface area (Å²) in [5.74, 6) is -7.69. The van der Waals surface area contributed by atoms with E-state index in [1.165, 1.54) is 6.92 Å². The van der Waals surface area contributed by atoms with Gasteiger partial charge in [-0.2, -0.15) is 0 Å². The average molecular weight is 811 g/mol. The number of amides is 10. The molecule has 1 aromatic rings. The zero-order chi connectivity index (χ0) is 41.5. The molecule has 22 heteroatoms. The van der Waals surface area contributed by atoms with E-state index in [0.717, 1.165) is 23.5 Å². The quantitative estimate of drug-likeness (QED) is 0.0424. The molecule has 0 saturated carbocycles. The van der Waals surface area contributed by atoms with Crippen LogP contribution in [0.5, 0.6) is 0 Å². The maximum Gasteiger partial charge on any atom is 0.243 e. The lowest BCUT2D eigenvalue weighted by Gasteiger charge is -2.24. The number of carbonyl (C=O) groups is 10. The van der Waals surface area contributed by atoms with Gasteiger partial charge in [0.25, 0.3) is 0 Å². The van der Waals surface area contributed by atoms with Crippen LogP contribution in [0.15, 0.2) is 30.3 Å². The van der Waals surface area contributed by atoms with Crippen LogP contribution in [0.2, 0.25) is 0 Å². The highest BCUT2D eigenvalue weighted by molar-refractivity contribution is 8.00. The molecule has 0 radical (unpaired) electrons. The molecule has 0 aliphatic heterocycles. The minimum absolute atomic E-state index is 0.00550. The van der Waals surface area contributed by atoms with Crippen molar-refractivity contribution in [2.45, 2.75) is 57.8 Å². The molecule has 0 bridgehead atoms. The average Bonchev–Trinajstić information content (AvgIpc) is 3.12. The third kappa shape index (κ3) is 20.6. The van der Waals surface area contributed by atoms with E-state index in [9.17, 15) is 47.9 Å². The number of hydrogen-bond donors (Lipinski definition) is 10. The fourth-order valence-electron chi connectivity index (χ4n) is 4.51. The molecule has 0 aromatic heterocycles. The molecule has 5 atom stereocenters. The highest BCUT2D eigenvalue weighted by atomic mass is 32.2. The number of benzene rings is 1. The summed E-state index contributed by atoms with van der Waals surface area (Å²) in [4.78, 5) is 123. The lowest BCUT2D eigenvalue weighted by atomic mass is 9.98. The molecule has 0 aliphatic rings. The van der Waals surface area contributed by atoms with Crippen molar-refractivity contribution in [2.75, 3.05) is 42.6 Å². The molecule has 304 valence electrons. The third-order valence-electron chi connectivity index (χ3n) is 7.45. The molecule has 55 heavy (non-hydrogen) atoms. The number of hydrogen-bond acceptors (Lipinski definition) is 12. The van der Waals surface area contributed by atoms with Crippen LogP contribution >= 0.6 is 23.5 Å². The van der Waals surface area contributed by atoms with E-state index in [-0.39, 0.29) is 29.4 Å². The van der Waals surface area contributed by atoms with Crippen molar-refractivity contribution in [1.29, 1.82) is 0 Å². The zero-order valence-corrected chi connectivity index (χ0v) is 32.4. The number of nitrogens with two attached hydrogens (primary N) is 3. The summed E-state index contributed by atoms with van der Waals surface area (Å²) in [5, 5.41) is 17.1. The molecule has 0 fully saturated rings. The Hall–Kier alpha value is -5.38. The Kier molecular flexibility index (Phi) is 22.2. The minimum atomic E-state index is -1.21. The van der Waals surface area contributed by atoms with Crippen LogP contribution in [-0.4, -0.2) is 126 Å². The largest absolute Gasteiger partial charge is 0.369 e. The molecule has 0 saturated heterocycles. The van der Waals surface area contributed by atoms with E-state index in [2.05, 4.69) is 37.2 Å². The number of nitrogens with one attached hydrogen (secondary N) is 7. The number of carbonyl (C=O) groups excluding carboxylic acids is 10. The SMILES string of the molecule is CC[C@H](C)[C@H](NC(=O)CNC(=O)[C@H](CSCC(N)=O)NC(C)=O)C(=O)NCC(=O)N[C@@H](Cc1ccccc1)C(=O)NCC(=O)N[C@@H](CSCC(N)=O)C(N)=O. The second kappa shape index (κ2) is 25.6. The zero-order valence-electron chi connectivity index (χ0n) is 30.8. The Balaban J connectivity index is 2.86. The van der Waals surface area contributed by atoms with E-state index in [4.69, 9.17) is 17.2 Å². The van der Waals surface area contributed by atoms with Gasteiger partial charge in [0.2, 0.25) is 59.1 Å². The predicted octanol–water partition coefficient (Wildman–Crippen LogP) is -4.49. The van der Waals surface area contributed by atoms with Crippen LogP contribution in [0.4, 0.5) is 0 Å². The van der Waals surface area contributed by atoms with Crippen LogP contribution in [0, 0.1) is 5.92 Å². The highest BCUT2D eigenvalue weighted by Gasteiger charge is 2.28. The molecule has 1 rings (SSSR count). The fourth-order valence-corrected chi connectivity index (χ4v) is 6.10. The first-order valence-corrected chi connectivity index (χ1v) is 19.3. The third-order valence-corrected chi connectivity index (χ3v) is 9.56. The van der Waals surface area contributed by atoms with Gasteiger partial charge in [0.1, 0.15) is 24.2 Å². The van der Waals surface area contributed by atoms with Gasteiger partial charge in [-0.25, -0.2) is 0 Å². The van der Waals surface area contributed by atoms with Crippen molar-refractivity contribution in [2.24, 2.45) is 23.1 Å². The smallest absolute Gasteiger partial charge is 0.243 e. The number of thioether (sulfide) groups is 2. The first-order chi connectivity index (χ1) is 25.9. The number of rotatable bonds is 26. The summed E-state index contributed by atoms with van der Waals surface area (Å²) in [7, 11) is 0. The second-order valence-corrected chi connectivity index (χ2v) is 14.2. The molecule has 1 aromatic carbocycles. The van der Waals surface area contributed by atoms with Gasteiger partial charge in [-0.05, 0) is 11.5 Å². The first-order valence-electron chi connectivity index (χ1n) is 17.0. The van der Waals surface area contributed by atoms with Crippen molar-refractivity contribution >= 4 is 82.6 Å². The normalized spacial score (nSPS) is 13.3. The van der Waals surface area contributed by atoms with E-state index in [1.54, 1.807) is 44.2 Å². The van der Waals surface area contributed by atoms with E-state index in [0.29, 0.717) is 12.0 Å². The molecular weight excluding hydrogens is 761 g/mol. The van der Waals surface area contributed by atoms with Crippen LogP contribution < -0.4 is 54.4 Å². The lowest BCUT2D eigenvalue weighted by molar-refractivity contribution is -0.133. The summed E-state index contributed by atoms with van der Waals surface area (Å²) < 4.78 is 0. The van der Waals surface area contributed by atoms with Crippen LogP contribution in [0.1, 0.15) is 32.8 Å². The van der Waals surface area contributed by atoms with Gasteiger partial charge in [-0.3, -0.25) is 47.9 Å². The van der Waals surface area contributed by atoms with Crippen molar-refractivity contribution in [3.05, 3.63) is 35.9 Å². The van der Waals surface area contributed by atoms with E-state index in [1.807, 2.05) is 0 Å². The van der Waals surface area contributed by atoms with Gasteiger partial charge in [0.05, 0.1) is 31.1 Å². The van der Waals surface area contributed by atoms with Crippen molar-refractivity contribution in [3.63, 3.8) is 0 Å². The van der Waals surface area contributed by atoms with Crippen LogP contribution in [0.3, 0.4) is 0 Å². The van der Waals surface area contributed by atoms with E-state index < -0.39 is 109 Å². The van der Waals surface area contributed by atoms with Crippen molar-refractivity contribution in [3.8, 4) is 0 Å². The van der Waals surface area contributed by atoms with Gasteiger partial charge in [-0.15, -0.1) is 23.5 Å². The van der Waals surface area contributed by atoms with Crippen molar-refractivity contribution in [1.82, 2.24) is 37.2 Å². The Morgan fingerprint density at radius 2 is 1.07 bits per heavy atom. The molecule has 20 nitrogen and oxygen atoms in total.